The van der Waals surface area contributed by atoms with E-state index in [0.29, 0.717) is 24.9 Å². The summed E-state index contributed by atoms with van der Waals surface area (Å²) in [7, 11) is 1.96. The molecule has 1 aliphatic heterocycles. The monoisotopic (exact) mass is 357 g/mol. The number of hydrogen-bond donors (Lipinski definition) is 1. The Labute approximate surface area is 153 Å². The first-order chi connectivity index (χ1) is 12.4. The van der Waals surface area contributed by atoms with Gasteiger partial charge in [-0.2, -0.15) is 5.10 Å². The van der Waals surface area contributed by atoms with Gasteiger partial charge in [0.2, 0.25) is 5.91 Å². The minimum absolute atomic E-state index is 0.0113. The van der Waals surface area contributed by atoms with Gasteiger partial charge in [-0.05, 0) is 32.7 Å². The molecule has 140 valence electrons. The van der Waals surface area contributed by atoms with Crippen LogP contribution in [0.4, 0.5) is 5.69 Å². The number of nitrogens with one attached hydrogen (secondary N) is 1. The number of anilines is 1. The van der Waals surface area contributed by atoms with Crippen LogP contribution in [-0.2, 0) is 24.4 Å². The lowest BCUT2D eigenvalue weighted by atomic mass is 10.1. The quantitative estimate of drug-likeness (QED) is 0.882. The molecule has 1 fully saturated rings. The van der Waals surface area contributed by atoms with E-state index < -0.39 is 0 Å². The molecule has 8 nitrogen and oxygen atoms in total. The number of nitrogens with zero attached hydrogens (tertiary/aromatic N) is 6. The van der Waals surface area contributed by atoms with E-state index in [1.165, 1.54) is 18.5 Å². The van der Waals surface area contributed by atoms with Gasteiger partial charge in [-0.3, -0.25) is 14.4 Å². The van der Waals surface area contributed by atoms with Crippen LogP contribution < -0.4 is 5.32 Å². The van der Waals surface area contributed by atoms with Gasteiger partial charge in [-0.1, -0.05) is 13.8 Å². The largest absolute Gasteiger partial charge is 0.322 e. The van der Waals surface area contributed by atoms with Gasteiger partial charge >= 0.3 is 0 Å². The molecule has 0 bridgehead atoms. The topological polar surface area (TPSA) is 80.9 Å². The summed E-state index contributed by atoms with van der Waals surface area (Å²) in [5, 5.41) is 16.0. The third-order valence-corrected chi connectivity index (χ3v) is 5.23. The third kappa shape index (κ3) is 3.13. The zero-order valence-electron chi connectivity index (χ0n) is 15.9. The molecule has 2 aromatic rings. The molecule has 3 heterocycles. The number of likely N-dealkylation sites (N-methyl/N-ethyl adjacent to an activating group) is 1. The van der Waals surface area contributed by atoms with Gasteiger partial charge in [0.25, 0.3) is 0 Å². The second kappa shape index (κ2) is 6.50. The van der Waals surface area contributed by atoms with Crippen LogP contribution in [0.2, 0.25) is 0 Å². The zero-order chi connectivity index (χ0) is 18.4. The first kappa shape index (κ1) is 17.2. The average molecular weight is 357 g/mol. The zero-order valence-corrected chi connectivity index (χ0v) is 15.9. The van der Waals surface area contributed by atoms with Gasteiger partial charge in [0, 0.05) is 12.5 Å². The van der Waals surface area contributed by atoms with Crippen LogP contribution in [0.5, 0.6) is 0 Å². The van der Waals surface area contributed by atoms with E-state index in [1.54, 1.807) is 0 Å². The molecule has 0 aromatic carbocycles. The molecule has 8 heteroatoms. The smallest absolute Gasteiger partial charge is 0.243 e. The van der Waals surface area contributed by atoms with Crippen LogP contribution in [0, 0.1) is 12.8 Å². The molecule has 1 amide bonds. The second-order valence-corrected chi connectivity index (χ2v) is 7.99. The molecular weight excluding hydrogens is 330 g/mol. The van der Waals surface area contributed by atoms with Crippen molar-refractivity contribution in [3.05, 3.63) is 23.5 Å². The van der Waals surface area contributed by atoms with Crippen LogP contribution in [0.15, 0.2) is 6.20 Å². The molecule has 1 N–H and O–H groups in total. The molecule has 0 saturated heterocycles. The molecule has 26 heavy (non-hydrogen) atoms. The van der Waals surface area contributed by atoms with Crippen molar-refractivity contribution in [2.24, 2.45) is 5.92 Å². The molecule has 1 atom stereocenters. The maximum Gasteiger partial charge on any atom is 0.243 e. The molecule has 1 saturated carbocycles. The van der Waals surface area contributed by atoms with Gasteiger partial charge in [0.1, 0.15) is 17.7 Å². The Hall–Kier alpha value is -2.22. The lowest BCUT2D eigenvalue weighted by molar-refractivity contribution is -0.122. The van der Waals surface area contributed by atoms with Crippen molar-refractivity contribution in [1.82, 2.24) is 29.4 Å². The van der Waals surface area contributed by atoms with Crippen LogP contribution in [0.1, 0.15) is 49.9 Å². The second-order valence-electron chi connectivity index (χ2n) is 7.99. The summed E-state index contributed by atoms with van der Waals surface area (Å²) < 4.78 is 4.11. The molecule has 0 spiro atoms. The van der Waals surface area contributed by atoms with Crippen molar-refractivity contribution in [2.75, 3.05) is 12.4 Å². The van der Waals surface area contributed by atoms with Gasteiger partial charge in [-0.25, -0.2) is 0 Å². The van der Waals surface area contributed by atoms with E-state index in [1.807, 2.05) is 29.6 Å². The third-order valence-electron chi connectivity index (χ3n) is 5.23. The number of amides is 1. The first-order valence-corrected chi connectivity index (χ1v) is 9.39. The number of aromatic nitrogens is 5. The lowest BCUT2D eigenvalue weighted by Crippen LogP contribution is -2.48. The number of carbonyl (C=O) groups is 1. The molecule has 1 unspecified atom stereocenters. The molecule has 2 aromatic heterocycles. The van der Waals surface area contributed by atoms with Gasteiger partial charge in [0.05, 0.1) is 30.7 Å². The van der Waals surface area contributed by atoms with E-state index in [-0.39, 0.29) is 11.9 Å². The normalized spacial score (nSPS) is 20.4. The average Bonchev–Trinajstić information content (AvgIpc) is 3.26. The standard InChI is InChI=1S/C18H27N7O/c1-11(2)8-25-17(13-5-6-13)14(7-19-25)20-18(26)15-9-24-12(3)21-22-16(24)10-23(15)4/h7,11,13,15H,5-6,8-10H2,1-4H3,(H,20,26). The van der Waals surface area contributed by atoms with Crippen LogP contribution in [0.3, 0.4) is 0 Å². The summed E-state index contributed by atoms with van der Waals surface area (Å²) in [5.74, 6) is 2.84. The highest BCUT2D eigenvalue weighted by atomic mass is 16.2. The fourth-order valence-electron chi connectivity index (χ4n) is 3.69. The number of aryl methyl sites for hydroxylation is 1. The predicted octanol–water partition coefficient (Wildman–Crippen LogP) is 1.77. The van der Waals surface area contributed by atoms with Crippen LogP contribution in [0.25, 0.3) is 0 Å². The fourth-order valence-corrected chi connectivity index (χ4v) is 3.69. The van der Waals surface area contributed by atoms with Crippen molar-refractivity contribution >= 4 is 11.6 Å². The summed E-state index contributed by atoms with van der Waals surface area (Å²) >= 11 is 0. The van der Waals surface area contributed by atoms with E-state index in [0.717, 1.165) is 23.9 Å². The van der Waals surface area contributed by atoms with Crippen molar-refractivity contribution < 1.29 is 4.79 Å². The molecular formula is C18H27N7O. The molecule has 1 aliphatic carbocycles. The Kier molecular flexibility index (Phi) is 4.30. The van der Waals surface area contributed by atoms with Crippen molar-refractivity contribution in [1.29, 1.82) is 0 Å². The summed E-state index contributed by atoms with van der Waals surface area (Å²) in [6, 6.07) is -0.238. The number of rotatable bonds is 5. The van der Waals surface area contributed by atoms with E-state index in [9.17, 15) is 4.79 Å². The number of carbonyl (C=O) groups excluding carboxylic acids is 1. The Morgan fingerprint density at radius 3 is 2.81 bits per heavy atom. The van der Waals surface area contributed by atoms with Gasteiger partial charge in [-0.15, -0.1) is 10.2 Å². The SMILES string of the molecule is Cc1nnc2n1CC(C(=O)Nc1cnn(CC(C)C)c1C1CC1)N(C)C2. The number of fused-ring (bicyclic) bond motifs is 1. The van der Waals surface area contributed by atoms with Crippen LogP contribution in [-0.4, -0.2) is 48.4 Å². The highest BCUT2D eigenvalue weighted by Gasteiger charge is 2.34. The maximum absolute atomic E-state index is 13.0. The highest BCUT2D eigenvalue weighted by Crippen LogP contribution is 2.43. The van der Waals surface area contributed by atoms with Gasteiger partial charge < -0.3 is 9.88 Å². The summed E-state index contributed by atoms with van der Waals surface area (Å²) in [6.45, 7) is 8.39. The lowest BCUT2D eigenvalue weighted by Gasteiger charge is -2.32. The Bertz CT molecular complexity index is 818. The first-order valence-electron chi connectivity index (χ1n) is 9.39. The molecule has 0 radical (unpaired) electrons. The van der Waals surface area contributed by atoms with Gasteiger partial charge in [0.15, 0.2) is 0 Å². The Morgan fingerprint density at radius 2 is 2.12 bits per heavy atom. The number of hydrogen-bond acceptors (Lipinski definition) is 5. The maximum atomic E-state index is 13.0. The minimum atomic E-state index is -0.238. The van der Waals surface area contributed by atoms with E-state index >= 15 is 0 Å². The van der Waals surface area contributed by atoms with E-state index in [4.69, 9.17) is 0 Å². The molecule has 4 rings (SSSR count). The van der Waals surface area contributed by atoms with Crippen molar-refractivity contribution in [3.8, 4) is 0 Å². The predicted molar refractivity (Wildman–Crippen MR) is 97.7 cm³/mol. The Balaban J connectivity index is 1.53. The highest BCUT2D eigenvalue weighted by molar-refractivity contribution is 5.95. The van der Waals surface area contributed by atoms with Crippen molar-refractivity contribution in [2.45, 2.75) is 65.2 Å². The fraction of sp³-hybridized carbons (Fsp3) is 0.667. The molecule has 2 aliphatic rings. The summed E-state index contributed by atoms with van der Waals surface area (Å²) in [5.41, 5.74) is 2.06. The summed E-state index contributed by atoms with van der Waals surface area (Å²) in [4.78, 5) is 15.0. The van der Waals surface area contributed by atoms with Crippen LogP contribution >= 0.6 is 0 Å². The van der Waals surface area contributed by atoms with Crippen molar-refractivity contribution in [3.63, 3.8) is 0 Å². The summed E-state index contributed by atoms with van der Waals surface area (Å²) in [6.07, 6.45) is 4.17. The minimum Gasteiger partial charge on any atom is -0.322 e. The Morgan fingerprint density at radius 1 is 1.35 bits per heavy atom. The van der Waals surface area contributed by atoms with E-state index in [2.05, 4.69) is 39.1 Å².